The van der Waals surface area contributed by atoms with E-state index in [0.29, 0.717) is 22.7 Å². The number of aromatic amines is 1. The molecule has 1 heterocycles. The van der Waals surface area contributed by atoms with Gasteiger partial charge in [-0.1, -0.05) is 11.6 Å². The molecule has 15 heavy (non-hydrogen) atoms. The van der Waals surface area contributed by atoms with Crippen molar-refractivity contribution in [1.82, 2.24) is 9.97 Å². The molecule has 2 rings (SSSR count). The van der Waals surface area contributed by atoms with Crippen molar-refractivity contribution in [1.29, 1.82) is 0 Å². The van der Waals surface area contributed by atoms with E-state index in [9.17, 15) is 4.79 Å². The average molecular weight is 225 g/mol. The Morgan fingerprint density at radius 1 is 1.60 bits per heavy atom. The molecule has 0 atom stereocenters. The van der Waals surface area contributed by atoms with Gasteiger partial charge in [0.15, 0.2) is 0 Å². The molecule has 2 aromatic rings. The van der Waals surface area contributed by atoms with Crippen LogP contribution in [-0.2, 0) is 4.74 Å². The molecule has 1 aromatic heterocycles. The Balaban J connectivity index is 2.50. The van der Waals surface area contributed by atoms with Crippen LogP contribution < -0.4 is 0 Å². The second kappa shape index (κ2) is 3.90. The van der Waals surface area contributed by atoms with Crippen LogP contribution in [0.5, 0.6) is 0 Å². The van der Waals surface area contributed by atoms with Crippen molar-refractivity contribution >= 4 is 28.6 Å². The molecule has 0 bridgehead atoms. The maximum absolute atomic E-state index is 11.5. The summed E-state index contributed by atoms with van der Waals surface area (Å²) >= 11 is 5.94. The van der Waals surface area contributed by atoms with Crippen molar-refractivity contribution in [3.05, 3.63) is 29.0 Å². The van der Waals surface area contributed by atoms with Crippen molar-refractivity contribution < 1.29 is 9.53 Å². The first-order valence-electron chi connectivity index (χ1n) is 4.52. The highest BCUT2D eigenvalue weighted by atomic mass is 35.5. The lowest BCUT2D eigenvalue weighted by Gasteiger charge is -2.03. The van der Waals surface area contributed by atoms with Crippen molar-refractivity contribution in [3.63, 3.8) is 0 Å². The number of carbonyl (C=O) groups is 1. The molecule has 5 heteroatoms. The van der Waals surface area contributed by atoms with Gasteiger partial charge in [0, 0.05) is 0 Å². The number of aromatic nitrogens is 2. The molecule has 4 nitrogen and oxygen atoms in total. The van der Waals surface area contributed by atoms with Crippen molar-refractivity contribution in [3.8, 4) is 0 Å². The average Bonchev–Trinajstić information content (AvgIpc) is 2.63. The molecule has 1 aromatic carbocycles. The van der Waals surface area contributed by atoms with E-state index in [1.165, 1.54) is 0 Å². The SMILES string of the molecule is CCOC(=O)c1cc2nc[nH]c2cc1Cl. The molecule has 0 aliphatic rings. The second-order valence-corrected chi connectivity index (χ2v) is 3.38. The highest BCUT2D eigenvalue weighted by Crippen LogP contribution is 2.22. The van der Waals surface area contributed by atoms with Gasteiger partial charge in [-0.2, -0.15) is 0 Å². The highest BCUT2D eigenvalue weighted by molar-refractivity contribution is 6.34. The fraction of sp³-hybridized carbons (Fsp3) is 0.200. The molecule has 0 aliphatic carbocycles. The normalized spacial score (nSPS) is 10.5. The van der Waals surface area contributed by atoms with E-state index in [1.807, 2.05) is 0 Å². The minimum absolute atomic E-state index is 0.327. The highest BCUT2D eigenvalue weighted by Gasteiger charge is 2.13. The van der Waals surface area contributed by atoms with Gasteiger partial charge in [-0.15, -0.1) is 0 Å². The molecule has 0 spiro atoms. The molecule has 0 saturated carbocycles. The van der Waals surface area contributed by atoms with Gasteiger partial charge in [-0.05, 0) is 19.1 Å². The Hall–Kier alpha value is -1.55. The van der Waals surface area contributed by atoms with Crippen molar-refractivity contribution in [2.45, 2.75) is 6.92 Å². The lowest BCUT2D eigenvalue weighted by atomic mass is 10.2. The van der Waals surface area contributed by atoms with Crippen molar-refractivity contribution in [2.24, 2.45) is 0 Å². The number of benzene rings is 1. The summed E-state index contributed by atoms with van der Waals surface area (Å²) in [5.41, 5.74) is 1.84. The van der Waals surface area contributed by atoms with Crippen LogP contribution in [0.3, 0.4) is 0 Å². The van der Waals surface area contributed by atoms with Gasteiger partial charge in [0.05, 0.1) is 34.6 Å². The largest absolute Gasteiger partial charge is 0.462 e. The maximum atomic E-state index is 11.5. The number of halogens is 1. The third-order valence-corrected chi connectivity index (χ3v) is 2.32. The number of esters is 1. The molecule has 1 N–H and O–H groups in total. The predicted molar refractivity (Wildman–Crippen MR) is 57.1 cm³/mol. The molecule has 0 unspecified atom stereocenters. The minimum Gasteiger partial charge on any atom is -0.462 e. The Bertz CT molecular complexity index is 507. The molecular formula is C10H9ClN2O2. The summed E-state index contributed by atoms with van der Waals surface area (Å²) in [5, 5.41) is 0.366. The van der Waals surface area contributed by atoms with Gasteiger partial charge >= 0.3 is 5.97 Å². The number of H-pyrrole nitrogens is 1. The van der Waals surface area contributed by atoms with E-state index in [4.69, 9.17) is 16.3 Å². The van der Waals surface area contributed by atoms with E-state index in [-0.39, 0.29) is 0 Å². The molecule has 0 amide bonds. The number of ether oxygens (including phenoxy) is 1. The Labute approximate surface area is 91.2 Å². The first kappa shape index (κ1) is 9.98. The zero-order valence-electron chi connectivity index (χ0n) is 8.08. The monoisotopic (exact) mass is 224 g/mol. The van der Waals surface area contributed by atoms with Crippen LogP contribution in [0.4, 0.5) is 0 Å². The van der Waals surface area contributed by atoms with Crippen LogP contribution in [0.1, 0.15) is 17.3 Å². The summed E-state index contributed by atoms with van der Waals surface area (Å²) in [4.78, 5) is 18.4. The number of fused-ring (bicyclic) bond motifs is 1. The van der Waals surface area contributed by atoms with Gasteiger partial charge in [0.2, 0.25) is 0 Å². The van der Waals surface area contributed by atoms with E-state index in [1.54, 1.807) is 25.4 Å². The number of hydrogen-bond acceptors (Lipinski definition) is 3. The molecule has 78 valence electrons. The number of imidazole rings is 1. The van der Waals surface area contributed by atoms with Gasteiger partial charge in [0.1, 0.15) is 0 Å². The number of nitrogens with one attached hydrogen (secondary N) is 1. The molecule has 0 aliphatic heterocycles. The topological polar surface area (TPSA) is 55.0 Å². The second-order valence-electron chi connectivity index (χ2n) is 2.97. The number of nitrogens with zero attached hydrogens (tertiary/aromatic N) is 1. The first-order chi connectivity index (χ1) is 7.22. The maximum Gasteiger partial charge on any atom is 0.339 e. The van der Waals surface area contributed by atoms with Gasteiger partial charge < -0.3 is 9.72 Å². The van der Waals surface area contributed by atoms with Crippen molar-refractivity contribution in [2.75, 3.05) is 6.61 Å². The smallest absolute Gasteiger partial charge is 0.339 e. The van der Waals surface area contributed by atoms with Crippen LogP contribution in [0.15, 0.2) is 18.5 Å². The summed E-state index contributed by atoms with van der Waals surface area (Å²) in [6, 6.07) is 3.28. The van der Waals surface area contributed by atoms with Crippen LogP contribution in [0.25, 0.3) is 11.0 Å². The third-order valence-electron chi connectivity index (χ3n) is 2.00. The Morgan fingerprint density at radius 2 is 2.40 bits per heavy atom. The number of carbonyl (C=O) groups excluding carboxylic acids is 1. The Morgan fingerprint density at radius 3 is 3.13 bits per heavy atom. The summed E-state index contributed by atoms with van der Waals surface area (Å²) in [6.07, 6.45) is 1.55. The van der Waals surface area contributed by atoms with E-state index in [0.717, 1.165) is 5.52 Å². The summed E-state index contributed by atoms with van der Waals surface area (Å²) in [5.74, 6) is -0.424. The zero-order chi connectivity index (χ0) is 10.8. The van der Waals surface area contributed by atoms with Crippen LogP contribution in [-0.4, -0.2) is 22.5 Å². The number of hydrogen-bond donors (Lipinski definition) is 1. The van der Waals surface area contributed by atoms with Crippen LogP contribution in [0, 0.1) is 0 Å². The minimum atomic E-state index is -0.424. The van der Waals surface area contributed by atoms with Gasteiger partial charge in [-0.3, -0.25) is 0 Å². The molecule has 0 fully saturated rings. The molecule has 0 radical (unpaired) electrons. The number of rotatable bonds is 2. The summed E-state index contributed by atoms with van der Waals surface area (Å²) < 4.78 is 4.87. The van der Waals surface area contributed by atoms with E-state index < -0.39 is 5.97 Å². The standard InChI is InChI=1S/C10H9ClN2O2/c1-2-15-10(14)6-3-8-9(4-7(6)11)13-5-12-8/h3-5H,2H2,1H3,(H,12,13). The fourth-order valence-electron chi connectivity index (χ4n) is 1.32. The third kappa shape index (κ3) is 1.80. The molecule has 0 saturated heterocycles. The van der Waals surface area contributed by atoms with Crippen LogP contribution in [0.2, 0.25) is 5.02 Å². The first-order valence-corrected chi connectivity index (χ1v) is 4.90. The van der Waals surface area contributed by atoms with Gasteiger partial charge in [0.25, 0.3) is 0 Å². The quantitative estimate of drug-likeness (QED) is 0.797. The van der Waals surface area contributed by atoms with Crippen LogP contribution >= 0.6 is 11.6 Å². The zero-order valence-corrected chi connectivity index (χ0v) is 8.84. The van der Waals surface area contributed by atoms with E-state index in [2.05, 4.69) is 9.97 Å². The molecular weight excluding hydrogens is 216 g/mol. The van der Waals surface area contributed by atoms with Gasteiger partial charge in [-0.25, -0.2) is 9.78 Å². The lowest BCUT2D eigenvalue weighted by molar-refractivity contribution is 0.0527. The summed E-state index contributed by atoms with van der Waals surface area (Å²) in [7, 11) is 0. The predicted octanol–water partition coefficient (Wildman–Crippen LogP) is 2.39. The lowest BCUT2D eigenvalue weighted by Crippen LogP contribution is -2.05. The van der Waals surface area contributed by atoms with E-state index >= 15 is 0 Å². The summed E-state index contributed by atoms with van der Waals surface area (Å²) in [6.45, 7) is 2.08. The fourth-order valence-corrected chi connectivity index (χ4v) is 1.56. The Kier molecular flexibility index (Phi) is 2.60.